The van der Waals surface area contributed by atoms with E-state index >= 15 is 0 Å². The summed E-state index contributed by atoms with van der Waals surface area (Å²) >= 11 is 1.29. The number of aliphatic hydroxyl groups is 1. The van der Waals surface area contributed by atoms with Crippen molar-refractivity contribution in [3.05, 3.63) is 5.01 Å². The molecule has 1 heterocycles. The fraction of sp³-hybridized carbons (Fsp3) is 0.571. The molecule has 1 aromatic rings. The minimum atomic E-state index is -0.386. The van der Waals surface area contributed by atoms with E-state index in [1.165, 1.54) is 11.3 Å². The van der Waals surface area contributed by atoms with Crippen LogP contribution in [-0.2, 0) is 0 Å². The minimum Gasteiger partial charge on any atom is -0.394 e. The third kappa shape index (κ3) is 3.27. The molecule has 0 aliphatic rings. The van der Waals surface area contributed by atoms with E-state index in [4.69, 9.17) is 5.11 Å². The summed E-state index contributed by atoms with van der Waals surface area (Å²) in [5.74, 6) is 0. The van der Waals surface area contributed by atoms with Crippen molar-refractivity contribution in [1.29, 1.82) is 0 Å². The molecule has 0 spiro atoms. The zero-order valence-corrected chi connectivity index (χ0v) is 8.76. The van der Waals surface area contributed by atoms with E-state index in [0.29, 0.717) is 5.13 Å². The van der Waals surface area contributed by atoms with Gasteiger partial charge in [0.05, 0.1) is 12.6 Å². The number of anilines is 1. The van der Waals surface area contributed by atoms with Gasteiger partial charge in [0.15, 0.2) is 0 Å². The number of carbonyl (C=O) groups excluding carboxylic acids is 1. The average molecular weight is 216 g/mol. The molecule has 1 aromatic heterocycles. The van der Waals surface area contributed by atoms with Crippen molar-refractivity contribution >= 4 is 22.5 Å². The molecule has 78 valence electrons. The van der Waals surface area contributed by atoms with Gasteiger partial charge in [0.2, 0.25) is 5.13 Å². The molecular weight excluding hydrogens is 204 g/mol. The summed E-state index contributed by atoms with van der Waals surface area (Å²) < 4.78 is 0. The summed E-state index contributed by atoms with van der Waals surface area (Å²) in [7, 11) is 0. The Morgan fingerprint density at radius 2 is 2.36 bits per heavy atom. The maximum Gasteiger partial charge on any atom is 0.321 e. The van der Waals surface area contributed by atoms with Crippen LogP contribution in [-0.4, -0.2) is 34.0 Å². The van der Waals surface area contributed by atoms with Gasteiger partial charge in [0.25, 0.3) is 0 Å². The van der Waals surface area contributed by atoms with Gasteiger partial charge in [-0.05, 0) is 13.8 Å². The van der Waals surface area contributed by atoms with Crippen molar-refractivity contribution in [2.75, 3.05) is 11.9 Å². The first-order valence-electron chi connectivity index (χ1n) is 4.10. The number of nitrogens with zero attached hydrogens (tertiary/aromatic N) is 2. The molecule has 0 unspecified atom stereocenters. The Morgan fingerprint density at radius 1 is 1.64 bits per heavy atom. The Morgan fingerprint density at radius 3 is 2.86 bits per heavy atom. The van der Waals surface area contributed by atoms with Gasteiger partial charge in [-0.2, -0.15) is 0 Å². The molecule has 0 bridgehead atoms. The van der Waals surface area contributed by atoms with E-state index in [1.807, 2.05) is 0 Å². The summed E-state index contributed by atoms with van der Waals surface area (Å²) in [6, 6.07) is -0.660. The van der Waals surface area contributed by atoms with Crippen LogP contribution in [0, 0.1) is 6.92 Å². The predicted molar refractivity (Wildman–Crippen MR) is 53.3 cm³/mol. The molecule has 14 heavy (non-hydrogen) atoms. The third-order valence-corrected chi connectivity index (χ3v) is 2.15. The number of hydrogen-bond acceptors (Lipinski definition) is 5. The predicted octanol–water partition coefficient (Wildman–Crippen LogP) is 0.349. The third-order valence-electron chi connectivity index (χ3n) is 1.40. The number of urea groups is 1. The highest BCUT2D eigenvalue weighted by molar-refractivity contribution is 7.15. The smallest absolute Gasteiger partial charge is 0.321 e. The van der Waals surface area contributed by atoms with Crippen LogP contribution in [0.25, 0.3) is 0 Å². The molecular formula is C7H12N4O2S. The lowest BCUT2D eigenvalue weighted by Crippen LogP contribution is -2.38. The molecule has 3 N–H and O–H groups in total. The Kier molecular flexibility index (Phi) is 3.78. The molecule has 0 aliphatic heterocycles. The first kappa shape index (κ1) is 10.9. The Bertz CT molecular complexity index is 314. The molecule has 1 atom stereocenters. The van der Waals surface area contributed by atoms with Gasteiger partial charge in [0, 0.05) is 0 Å². The van der Waals surface area contributed by atoms with Crippen LogP contribution >= 0.6 is 11.3 Å². The zero-order chi connectivity index (χ0) is 10.6. The normalized spacial score (nSPS) is 12.2. The molecule has 0 aromatic carbocycles. The second-order valence-corrected chi connectivity index (χ2v) is 3.99. The van der Waals surface area contributed by atoms with E-state index in [-0.39, 0.29) is 18.7 Å². The van der Waals surface area contributed by atoms with Crippen molar-refractivity contribution in [1.82, 2.24) is 15.5 Å². The monoisotopic (exact) mass is 216 g/mol. The highest BCUT2D eigenvalue weighted by Gasteiger charge is 2.08. The molecule has 0 saturated heterocycles. The second kappa shape index (κ2) is 4.87. The summed E-state index contributed by atoms with van der Waals surface area (Å²) in [5.41, 5.74) is 0. The van der Waals surface area contributed by atoms with E-state index in [1.54, 1.807) is 13.8 Å². The Balaban J connectivity index is 2.41. The number of amides is 2. The van der Waals surface area contributed by atoms with Crippen LogP contribution in [0.4, 0.5) is 9.93 Å². The maximum atomic E-state index is 11.2. The Labute approximate surface area is 85.4 Å². The first-order valence-corrected chi connectivity index (χ1v) is 4.92. The number of aryl methyl sites for hydroxylation is 1. The van der Waals surface area contributed by atoms with Gasteiger partial charge in [0.1, 0.15) is 5.01 Å². The molecule has 1 rings (SSSR count). The van der Waals surface area contributed by atoms with Gasteiger partial charge in [-0.1, -0.05) is 11.3 Å². The van der Waals surface area contributed by atoms with Crippen LogP contribution in [0.15, 0.2) is 0 Å². The van der Waals surface area contributed by atoms with Gasteiger partial charge in [-0.3, -0.25) is 5.32 Å². The van der Waals surface area contributed by atoms with Gasteiger partial charge >= 0.3 is 6.03 Å². The largest absolute Gasteiger partial charge is 0.394 e. The fourth-order valence-electron chi connectivity index (χ4n) is 0.750. The van der Waals surface area contributed by atoms with E-state index < -0.39 is 0 Å². The molecule has 6 nitrogen and oxygen atoms in total. The molecule has 7 heteroatoms. The van der Waals surface area contributed by atoms with Crippen LogP contribution < -0.4 is 10.6 Å². The lowest BCUT2D eigenvalue weighted by atomic mass is 10.4. The SMILES string of the molecule is Cc1nnc(NC(=O)N[C@@H](C)CO)s1. The lowest BCUT2D eigenvalue weighted by Gasteiger charge is -2.09. The van der Waals surface area contributed by atoms with Gasteiger partial charge < -0.3 is 10.4 Å². The lowest BCUT2D eigenvalue weighted by molar-refractivity contribution is 0.229. The standard InChI is InChI=1S/C7H12N4O2S/c1-4(3-12)8-6(13)9-7-11-10-5(2)14-7/h4,12H,3H2,1-2H3,(H2,8,9,11,13)/t4-/m0/s1. The van der Waals surface area contributed by atoms with Crippen molar-refractivity contribution in [3.63, 3.8) is 0 Å². The van der Waals surface area contributed by atoms with Crippen molar-refractivity contribution < 1.29 is 9.90 Å². The number of carbonyl (C=O) groups is 1. The van der Waals surface area contributed by atoms with E-state index in [9.17, 15) is 4.79 Å². The maximum absolute atomic E-state index is 11.2. The summed E-state index contributed by atoms with van der Waals surface area (Å²) in [5, 5.41) is 22.4. The molecule has 0 saturated carbocycles. The summed E-state index contributed by atoms with van der Waals surface area (Å²) in [6.07, 6.45) is 0. The minimum absolute atomic E-state index is 0.0947. The number of aromatic nitrogens is 2. The fourth-order valence-corrected chi connectivity index (χ4v) is 1.34. The highest BCUT2D eigenvalue weighted by Crippen LogP contribution is 2.12. The topological polar surface area (TPSA) is 87.1 Å². The zero-order valence-electron chi connectivity index (χ0n) is 7.94. The van der Waals surface area contributed by atoms with E-state index in [0.717, 1.165) is 5.01 Å². The Hall–Kier alpha value is -1.21. The van der Waals surface area contributed by atoms with Crippen molar-refractivity contribution in [3.8, 4) is 0 Å². The molecule has 0 fully saturated rings. The average Bonchev–Trinajstić information content (AvgIpc) is 2.50. The van der Waals surface area contributed by atoms with Crippen LogP contribution in [0.3, 0.4) is 0 Å². The second-order valence-electron chi connectivity index (χ2n) is 2.81. The van der Waals surface area contributed by atoms with Crippen LogP contribution in [0.1, 0.15) is 11.9 Å². The molecule has 2 amide bonds. The summed E-state index contributed by atoms with van der Waals surface area (Å²) in [6.45, 7) is 3.41. The number of aliphatic hydroxyl groups excluding tert-OH is 1. The number of rotatable bonds is 3. The number of hydrogen-bond donors (Lipinski definition) is 3. The van der Waals surface area contributed by atoms with Gasteiger partial charge in [-0.25, -0.2) is 4.79 Å². The van der Waals surface area contributed by atoms with Crippen molar-refractivity contribution in [2.24, 2.45) is 0 Å². The number of nitrogens with one attached hydrogen (secondary N) is 2. The van der Waals surface area contributed by atoms with E-state index in [2.05, 4.69) is 20.8 Å². The van der Waals surface area contributed by atoms with Crippen LogP contribution in [0.5, 0.6) is 0 Å². The van der Waals surface area contributed by atoms with Gasteiger partial charge in [-0.15, -0.1) is 10.2 Å². The van der Waals surface area contributed by atoms with Crippen molar-refractivity contribution in [2.45, 2.75) is 19.9 Å². The van der Waals surface area contributed by atoms with Crippen LogP contribution in [0.2, 0.25) is 0 Å². The highest BCUT2D eigenvalue weighted by atomic mass is 32.1. The molecule has 0 aliphatic carbocycles. The first-order chi connectivity index (χ1) is 6.61. The quantitative estimate of drug-likeness (QED) is 0.680. The summed E-state index contributed by atoms with van der Waals surface area (Å²) in [4.78, 5) is 11.2. The molecule has 0 radical (unpaired) electrons.